The number of Topliss-reactive ketones (excluding diaryl/α,β-unsaturated/α-hetero) is 1. The number of ketones is 1. The summed E-state index contributed by atoms with van der Waals surface area (Å²) in [7, 11) is 3.01. The molecule has 0 heterocycles. The highest BCUT2D eigenvalue weighted by molar-refractivity contribution is 6.01. The molecule has 0 bridgehead atoms. The number of hydrogen-bond donors (Lipinski definition) is 0. The molecule has 0 atom stereocenters. The number of hydrogen-bond acceptors (Lipinski definition) is 7. The molecule has 0 radical (unpaired) electrons. The first kappa shape index (κ1) is 24.9. The van der Waals surface area contributed by atoms with Crippen LogP contribution in [0.4, 0.5) is 0 Å². The molecule has 0 spiro atoms. The fourth-order valence-electron chi connectivity index (χ4n) is 2.93. The summed E-state index contributed by atoms with van der Waals surface area (Å²) in [6.45, 7) is 4.17. The zero-order valence-electron chi connectivity index (χ0n) is 18.1. The zero-order chi connectivity index (χ0) is 21.5. The van der Waals surface area contributed by atoms with E-state index in [1.807, 2.05) is 0 Å². The largest absolute Gasteiger partial charge is 0.467 e. The van der Waals surface area contributed by atoms with Crippen molar-refractivity contribution in [3.63, 3.8) is 0 Å². The van der Waals surface area contributed by atoms with Crippen molar-refractivity contribution in [3.8, 4) is 11.5 Å². The molecule has 0 saturated carbocycles. The van der Waals surface area contributed by atoms with Gasteiger partial charge in [-0.25, -0.2) is 0 Å². The molecule has 7 heteroatoms. The highest BCUT2D eigenvalue weighted by Gasteiger charge is 2.22. The molecule has 1 rings (SSSR count). The maximum absolute atomic E-state index is 13.0. The molecular formula is C22H34O7. The highest BCUT2D eigenvalue weighted by atomic mass is 16.7. The lowest BCUT2D eigenvalue weighted by Gasteiger charge is -2.17. The molecule has 1 aromatic carbocycles. The minimum Gasteiger partial charge on any atom is -0.467 e. The van der Waals surface area contributed by atoms with Gasteiger partial charge in [0.05, 0.1) is 18.6 Å². The Bertz CT molecular complexity index is 628. The summed E-state index contributed by atoms with van der Waals surface area (Å²) in [6, 6.07) is 3.29. The Morgan fingerprint density at radius 2 is 1.59 bits per heavy atom. The van der Waals surface area contributed by atoms with E-state index in [1.165, 1.54) is 14.2 Å². The summed E-state index contributed by atoms with van der Waals surface area (Å²) in [4.78, 5) is 25.1. The Labute approximate surface area is 173 Å². The van der Waals surface area contributed by atoms with Crippen molar-refractivity contribution in [2.24, 2.45) is 0 Å². The van der Waals surface area contributed by atoms with Gasteiger partial charge in [-0.05, 0) is 25.0 Å². The van der Waals surface area contributed by atoms with Crippen molar-refractivity contribution in [1.82, 2.24) is 0 Å². The summed E-state index contributed by atoms with van der Waals surface area (Å²) in [5, 5.41) is 0. The molecule has 1 aromatic rings. The van der Waals surface area contributed by atoms with E-state index in [1.54, 1.807) is 19.1 Å². The summed E-state index contributed by atoms with van der Waals surface area (Å²) in [6.07, 6.45) is 5.56. The van der Waals surface area contributed by atoms with Gasteiger partial charge in [-0.2, -0.15) is 0 Å². The van der Waals surface area contributed by atoms with Crippen molar-refractivity contribution < 1.29 is 33.3 Å². The van der Waals surface area contributed by atoms with E-state index >= 15 is 0 Å². The molecule has 164 valence electrons. The minimum atomic E-state index is -0.411. The fourth-order valence-corrected chi connectivity index (χ4v) is 2.93. The molecule has 29 heavy (non-hydrogen) atoms. The van der Waals surface area contributed by atoms with Crippen molar-refractivity contribution >= 4 is 11.8 Å². The standard InChI is InChI=1S/C22H34O7/c1-5-7-8-9-10-11-19(23)22-17(13-21(24)27-6-2)12-18(28-15-25-3)14-20(22)29-16-26-4/h12,14H,5-11,13,15-16H2,1-4H3. The van der Waals surface area contributed by atoms with Gasteiger partial charge in [0.2, 0.25) is 0 Å². The first-order valence-corrected chi connectivity index (χ1v) is 10.2. The molecule has 0 aliphatic carbocycles. The van der Waals surface area contributed by atoms with Crippen molar-refractivity contribution in [1.29, 1.82) is 0 Å². The lowest BCUT2D eigenvalue weighted by Crippen LogP contribution is -2.15. The van der Waals surface area contributed by atoms with Gasteiger partial charge >= 0.3 is 5.97 Å². The van der Waals surface area contributed by atoms with Gasteiger partial charge in [0.15, 0.2) is 19.4 Å². The van der Waals surface area contributed by atoms with Crippen LogP contribution in [0, 0.1) is 0 Å². The third-order valence-electron chi connectivity index (χ3n) is 4.26. The van der Waals surface area contributed by atoms with Gasteiger partial charge in [0.1, 0.15) is 11.5 Å². The molecule has 0 aliphatic rings. The smallest absolute Gasteiger partial charge is 0.310 e. The van der Waals surface area contributed by atoms with Crippen LogP contribution in [0.2, 0.25) is 0 Å². The Balaban J connectivity index is 3.15. The summed E-state index contributed by atoms with van der Waals surface area (Å²) >= 11 is 0. The molecule has 0 aromatic heterocycles. The van der Waals surface area contributed by atoms with Gasteiger partial charge in [-0.1, -0.05) is 32.6 Å². The van der Waals surface area contributed by atoms with E-state index in [9.17, 15) is 9.59 Å². The number of carbonyl (C=O) groups is 2. The second-order valence-corrected chi connectivity index (χ2v) is 6.63. The molecule has 0 aliphatic heterocycles. The number of carbonyl (C=O) groups excluding carboxylic acids is 2. The molecule has 0 saturated heterocycles. The predicted molar refractivity (Wildman–Crippen MR) is 109 cm³/mol. The van der Waals surface area contributed by atoms with Gasteiger partial charge in [-0.3, -0.25) is 9.59 Å². The molecule has 0 unspecified atom stereocenters. The Morgan fingerprint density at radius 1 is 0.897 bits per heavy atom. The average molecular weight is 411 g/mol. The Morgan fingerprint density at radius 3 is 2.24 bits per heavy atom. The number of benzene rings is 1. The molecular weight excluding hydrogens is 376 g/mol. The third-order valence-corrected chi connectivity index (χ3v) is 4.26. The van der Waals surface area contributed by atoms with Crippen LogP contribution in [0.5, 0.6) is 11.5 Å². The van der Waals surface area contributed by atoms with Crippen molar-refractivity contribution in [3.05, 3.63) is 23.3 Å². The van der Waals surface area contributed by atoms with E-state index < -0.39 is 5.97 Å². The lowest BCUT2D eigenvalue weighted by atomic mass is 9.96. The van der Waals surface area contributed by atoms with E-state index in [0.717, 1.165) is 32.1 Å². The van der Waals surface area contributed by atoms with E-state index in [2.05, 4.69) is 6.92 Å². The average Bonchev–Trinajstić information content (AvgIpc) is 2.70. The Kier molecular flexibility index (Phi) is 12.7. The zero-order valence-corrected chi connectivity index (χ0v) is 18.1. The van der Waals surface area contributed by atoms with E-state index in [-0.39, 0.29) is 32.4 Å². The SMILES string of the molecule is CCCCCCCC(=O)c1c(CC(=O)OCC)cc(OCOC)cc1OCOC. The number of esters is 1. The molecule has 0 N–H and O–H groups in total. The first-order chi connectivity index (χ1) is 14.1. The van der Waals surface area contributed by atoms with Crippen LogP contribution in [0.25, 0.3) is 0 Å². The predicted octanol–water partition coefficient (Wildman–Crippen LogP) is 4.30. The third kappa shape index (κ3) is 9.28. The number of rotatable bonds is 16. The van der Waals surface area contributed by atoms with Crippen LogP contribution in [0.3, 0.4) is 0 Å². The Hall–Kier alpha value is -2.12. The van der Waals surface area contributed by atoms with Gasteiger partial charge in [-0.15, -0.1) is 0 Å². The minimum absolute atomic E-state index is 0.0244. The van der Waals surface area contributed by atoms with Crippen LogP contribution >= 0.6 is 0 Å². The van der Waals surface area contributed by atoms with Gasteiger partial charge in [0.25, 0.3) is 0 Å². The molecule has 7 nitrogen and oxygen atoms in total. The molecule has 0 amide bonds. The number of methoxy groups -OCH3 is 2. The van der Waals surface area contributed by atoms with Crippen molar-refractivity contribution in [2.75, 3.05) is 34.4 Å². The lowest BCUT2D eigenvalue weighted by molar-refractivity contribution is -0.142. The van der Waals surface area contributed by atoms with Gasteiger partial charge < -0.3 is 23.7 Å². The highest BCUT2D eigenvalue weighted by Crippen LogP contribution is 2.31. The topological polar surface area (TPSA) is 80.3 Å². The van der Waals surface area contributed by atoms with E-state index in [0.29, 0.717) is 29.0 Å². The molecule has 0 fully saturated rings. The van der Waals surface area contributed by atoms with Crippen LogP contribution in [0.1, 0.15) is 68.3 Å². The quantitative estimate of drug-likeness (QED) is 0.174. The fraction of sp³-hybridized carbons (Fsp3) is 0.636. The van der Waals surface area contributed by atoms with Gasteiger partial charge in [0, 0.05) is 26.7 Å². The van der Waals surface area contributed by atoms with Crippen molar-refractivity contribution in [2.45, 2.75) is 58.8 Å². The normalized spacial score (nSPS) is 10.6. The van der Waals surface area contributed by atoms with Crippen LogP contribution in [-0.4, -0.2) is 46.2 Å². The maximum atomic E-state index is 13.0. The van der Waals surface area contributed by atoms with E-state index in [4.69, 9.17) is 23.7 Å². The summed E-state index contributed by atoms with van der Waals surface area (Å²) in [5.41, 5.74) is 0.900. The maximum Gasteiger partial charge on any atom is 0.310 e. The summed E-state index contributed by atoms with van der Waals surface area (Å²) < 4.78 is 26.2. The number of unbranched alkanes of at least 4 members (excludes halogenated alkanes) is 4. The monoisotopic (exact) mass is 410 g/mol. The second kappa shape index (κ2) is 14.8. The van der Waals surface area contributed by atoms with Crippen LogP contribution in [-0.2, 0) is 25.4 Å². The van der Waals surface area contributed by atoms with Crippen LogP contribution < -0.4 is 9.47 Å². The van der Waals surface area contributed by atoms with Crippen LogP contribution in [0.15, 0.2) is 12.1 Å². The first-order valence-electron chi connectivity index (χ1n) is 10.2. The number of ether oxygens (including phenoxy) is 5. The second-order valence-electron chi connectivity index (χ2n) is 6.63. The summed E-state index contributed by atoms with van der Waals surface area (Å²) in [5.74, 6) is 0.298.